The zero-order valence-corrected chi connectivity index (χ0v) is 10.1. The number of alkyl halides is 2. The maximum absolute atomic E-state index is 13.9. The number of piperazine rings is 1. The van der Waals surface area contributed by atoms with Crippen LogP contribution in [0.25, 0.3) is 0 Å². The minimum atomic E-state index is -2.97. The minimum Gasteiger partial charge on any atom is -0.314 e. The van der Waals surface area contributed by atoms with Crippen molar-refractivity contribution in [2.24, 2.45) is 0 Å². The monoisotopic (exact) mass is 258 g/mol. The first-order valence-corrected chi connectivity index (χ1v) is 6.15. The lowest BCUT2D eigenvalue weighted by Crippen LogP contribution is -2.44. The quantitative estimate of drug-likeness (QED) is 0.890. The zero-order valence-electron chi connectivity index (χ0n) is 10.1. The van der Waals surface area contributed by atoms with Crippen LogP contribution in [0.2, 0.25) is 0 Å². The molecule has 5 heteroatoms. The van der Waals surface area contributed by atoms with Crippen LogP contribution in [0.5, 0.6) is 0 Å². The molecule has 1 saturated heterocycles. The number of nitrogens with one attached hydrogen (secondary N) is 1. The van der Waals surface area contributed by atoms with Gasteiger partial charge in [0.25, 0.3) is 5.92 Å². The Morgan fingerprint density at radius 3 is 2.61 bits per heavy atom. The van der Waals surface area contributed by atoms with Crippen LogP contribution in [0.3, 0.4) is 0 Å². The van der Waals surface area contributed by atoms with Gasteiger partial charge in [-0.25, -0.2) is 13.2 Å². The Labute approximate surface area is 105 Å². The second-order valence-electron chi connectivity index (χ2n) is 4.56. The molecule has 1 fully saturated rings. The van der Waals surface area contributed by atoms with Crippen molar-refractivity contribution in [1.82, 2.24) is 10.2 Å². The summed E-state index contributed by atoms with van der Waals surface area (Å²) in [7, 11) is 0. The third-order valence-corrected chi connectivity index (χ3v) is 3.20. The molecule has 0 aromatic heterocycles. The normalized spacial score (nSPS) is 17.9. The second-order valence-corrected chi connectivity index (χ2v) is 4.56. The Balaban J connectivity index is 1.94. The van der Waals surface area contributed by atoms with Gasteiger partial charge in [-0.05, 0) is 12.1 Å². The summed E-state index contributed by atoms with van der Waals surface area (Å²) in [5, 5.41) is 3.17. The molecular weight excluding hydrogens is 241 g/mol. The molecule has 0 bridgehead atoms. The average Bonchev–Trinajstić information content (AvgIpc) is 2.38. The van der Waals surface area contributed by atoms with Crippen LogP contribution in [0.1, 0.15) is 12.0 Å². The maximum atomic E-state index is 13.9. The van der Waals surface area contributed by atoms with Crippen molar-refractivity contribution in [2.75, 3.05) is 32.7 Å². The van der Waals surface area contributed by atoms with Crippen LogP contribution in [0.15, 0.2) is 24.3 Å². The minimum absolute atomic E-state index is 0.238. The summed E-state index contributed by atoms with van der Waals surface area (Å²) in [6.07, 6.45) is -0.267. The summed E-state index contributed by atoms with van der Waals surface area (Å²) < 4.78 is 40.7. The highest BCUT2D eigenvalue weighted by molar-refractivity contribution is 5.21. The third kappa shape index (κ3) is 3.46. The summed E-state index contributed by atoms with van der Waals surface area (Å²) in [6.45, 7) is 3.60. The lowest BCUT2D eigenvalue weighted by atomic mass is 10.0. The molecule has 0 spiro atoms. The van der Waals surface area contributed by atoms with Gasteiger partial charge in [0.1, 0.15) is 5.82 Å². The summed E-state index contributed by atoms with van der Waals surface area (Å²) in [5.74, 6) is -3.58. The van der Waals surface area contributed by atoms with Crippen LogP contribution < -0.4 is 5.32 Å². The Bertz CT molecular complexity index is 390. The van der Waals surface area contributed by atoms with E-state index < -0.39 is 11.7 Å². The van der Waals surface area contributed by atoms with Gasteiger partial charge in [0.15, 0.2) is 0 Å². The number of hydrogen-bond acceptors (Lipinski definition) is 2. The first-order valence-electron chi connectivity index (χ1n) is 6.15. The molecule has 1 heterocycles. The van der Waals surface area contributed by atoms with Gasteiger partial charge in [-0.1, -0.05) is 12.1 Å². The molecule has 2 rings (SSSR count). The summed E-state index contributed by atoms with van der Waals surface area (Å²) in [5.41, 5.74) is -0.238. The molecule has 100 valence electrons. The number of benzene rings is 1. The Kier molecular flexibility index (Phi) is 4.24. The van der Waals surface area contributed by atoms with Crippen LogP contribution in [-0.4, -0.2) is 37.6 Å². The molecule has 0 unspecified atom stereocenters. The van der Waals surface area contributed by atoms with Crippen molar-refractivity contribution < 1.29 is 13.2 Å². The predicted molar refractivity (Wildman–Crippen MR) is 64.2 cm³/mol. The molecule has 18 heavy (non-hydrogen) atoms. The molecule has 0 atom stereocenters. The van der Waals surface area contributed by atoms with Crippen LogP contribution in [0, 0.1) is 5.82 Å². The Hall–Kier alpha value is -1.07. The van der Waals surface area contributed by atoms with Crippen LogP contribution in [-0.2, 0) is 5.92 Å². The van der Waals surface area contributed by atoms with E-state index in [1.54, 1.807) is 0 Å². The van der Waals surface area contributed by atoms with Gasteiger partial charge in [-0.2, -0.15) is 0 Å². The second kappa shape index (κ2) is 5.71. The van der Waals surface area contributed by atoms with E-state index in [4.69, 9.17) is 0 Å². The molecule has 0 saturated carbocycles. The van der Waals surface area contributed by atoms with E-state index in [1.165, 1.54) is 18.2 Å². The van der Waals surface area contributed by atoms with Gasteiger partial charge in [0.05, 0.1) is 0 Å². The Morgan fingerprint density at radius 1 is 1.22 bits per heavy atom. The van der Waals surface area contributed by atoms with Gasteiger partial charge >= 0.3 is 0 Å². The van der Waals surface area contributed by atoms with E-state index in [1.807, 2.05) is 4.90 Å². The van der Waals surface area contributed by atoms with Gasteiger partial charge in [-0.15, -0.1) is 0 Å². The van der Waals surface area contributed by atoms with E-state index in [2.05, 4.69) is 5.32 Å². The van der Waals surface area contributed by atoms with E-state index in [0.29, 0.717) is 6.54 Å². The molecule has 1 aliphatic heterocycles. The molecule has 0 amide bonds. The highest BCUT2D eigenvalue weighted by Gasteiger charge is 2.32. The van der Waals surface area contributed by atoms with Crippen LogP contribution >= 0.6 is 0 Å². The van der Waals surface area contributed by atoms with Crippen molar-refractivity contribution >= 4 is 0 Å². The fraction of sp³-hybridized carbons (Fsp3) is 0.538. The summed E-state index contributed by atoms with van der Waals surface area (Å²) in [6, 6.07) is 4.69. The highest BCUT2D eigenvalue weighted by Crippen LogP contribution is 2.32. The first kappa shape index (κ1) is 13.4. The largest absolute Gasteiger partial charge is 0.314 e. The maximum Gasteiger partial charge on any atom is 0.274 e. The fourth-order valence-corrected chi connectivity index (χ4v) is 2.09. The molecule has 0 aliphatic carbocycles. The topological polar surface area (TPSA) is 15.3 Å². The van der Waals surface area contributed by atoms with Crippen LogP contribution in [0.4, 0.5) is 13.2 Å². The number of rotatable bonds is 4. The third-order valence-electron chi connectivity index (χ3n) is 3.20. The number of hydrogen-bond donors (Lipinski definition) is 1. The summed E-state index contributed by atoms with van der Waals surface area (Å²) >= 11 is 0. The lowest BCUT2D eigenvalue weighted by Gasteiger charge is -2.28. The smallest absolute Gasteiger partial charge is 0.274 e. The lowest BCUT2D eigenvalue weighted by molar-refractivity contribution is -0.0228. The molecule has 1 aromatic carbocycles. The molecule has 2 nitrogen and oxygen atoms in total. The highest BCUT2D eigenvalue weighted by atomic mass is 19.3. The fourth-order valence-electron chi connectivity index (χ4n) is 2.09. The van der Waals surface area contributed by atoms with Crippen molar-refractivity contribution in [3.05, 3.63) is 35.6 Å². The zero-order chi connectivity index (χ0) is 13.0. The number of halogens is 3. The van der Waals surface area contributed by atoms with E-state index in [9.17, 15) is 13.2 Å². The van der Waals surface area contributed by atoms with Crippen molar-refractivity contribution in [1.29, 1.82) is 0 Å². The first-order chi connectivity index (χ1) is 8.58. The molecule has 0 radical (unpaired) electrons. The SMILES string of the molecule is Fc1cccc(C(F)(F)CCN2CCNCC2)c1. The summed E-state index contributed by atoms with van der Waals surface area (Å²) in [4.78, 5) is 2.00. The van der Waals surface area contributed by atoms with Gasteiger partial charge in [0.2, 0.25) is 0 Å². The van der Waals surface area contributed by atoms with Crippen molar-refractivity contribution in [2.45, 2.75) is 12.3 Å². The van der Waals surface area contributed by atoms with E-state index in [0.717, 1.165) is 32.2 Å². The standard InChI is InChI=1S/C13H17F3N2/c14-12-3-1-2-11(10-12)13(15,16)4-7-18-8-5-17-6-9-18/h1-3,10,17H,4-9H2. The van der Waals surface area contributed by atoms with Gasteiger partial charge in [-0.3, -0.25) is 0 Å². The van der Waals surface area contributed by atoms with Crippen molar-refractivity contribution in [3.8, 4) is 0 Å². The predicted octanol–water partition coefficient (Wildman–Crippen LogP) is 2.21. The Morgan fingerprint density at radius 2 is 1.94 bits per heavy atom. The average molecular weight is 258 g/mol. The molecule has 1 aliphatic rings. The number of nitrogens with zero attached hydrogens (tertiary/aromatic N) is 1. The van der Waals surface area contributed by atoms with E-state index in [-0.39, 0.29) is 12.0 Å². The molecule has 1 N–H and O–H groups in total. The van der Waals surface area contributed by atoms with Gasteiger partial charge < -0.3 is 10.2 Å². The van der Waals surface area contributed by atoms with E-state index >= 15 is 0 Å². The van der Waals surface area contributed by atoms with Gasteiger partial charge in [0, 0.05) is 44.7 Å². The molecule has 1 aromatic rings. The van der Waals surface area contributed by atoms with Crippen molar-refractivity contribution in [3.63, 3.8) is 0 Å². The molecular formula is C13H17F3N2.